The number of nitrogens with zero attached hydrogens (tertiary/aromatic N) is 1. The van der Waals surface area contributed by atoms with Crippen LogP contribution in [0.1, 0.15) is 23.2 Å². The van der Waals surface area contributed by atoms with E-state index >= 15 is 0 Å². The molecule has 1 aliphatic rings. The topological polar surface area (TPSA) is 112 Å². The lowest BCUT2D eigenvalue weighted by molar-refractivity contribution is -0.144. The van der Waals surface area contributed by atoms with Crippen LogP contribution < -0.4 is 11.1 Å². The van der Waals surface area contributed by atoms with Gasteiger partial charge in [-0.3, -0.25) is 19.4 Å². The van der Waals surface area contributed by atoms with Crippen LogP contribution in [-0.4, -0.2) is 40.6 Å². The van der Waals surface area contributed by atoms with Gasteiger partial charge in [-0.2, -0.15) is 0 Å². The van der Waals surface area contributed by atoms with Crippen LogP contribution in [0.3, 0.4) is 0 Å². The summed E-state index contributed by atoms with van der Waals surface area (Å²) in [5, 5.41) is 2.50. The normalized spacial score (nSPS) is 14.6. The number of hydrogen-bond donors (Lipinski definition) is 2. The number of halogens is 1. The molecule has 0 atom stereocenters. The first-order valence-corrected chi connectivity index (χ1v) is 9.43. The van der Waals surface area contributed by atoms with Gasteiger partial charge >= 0.3 is 17.6 Å². The van der Waals surface area contributed by atoms with Gasteiger partial charge < -0.3 is 14.6 Å². The minimum atomic E-state index is -0.810. The number of likely N-dealkylation sites (tertiary alicyclic amines) is 1. The lowest BCUT2D eigenvalue weighted by atomic mass is 9.89. The number of Topliss-reactive ketones (excluding diaryl/α,β-unsaturated/α-hetero) is 1. The number of nitrogens with one attached hydrogen (secondary N) is 2. The summed E-state index contributed by atoms with van der Waals surface area (Å²) < 4.78 is 18.0. The number of carbonyl (C=O) groups is 3. The maximum Gasteiger partial charge on any atom is 0.417 e. The molecule has 8 nitrogen and oxygen atoms in total. The largest absolute Gasteiger partial charge is 0.417 e. The van der Waals surface area contributed by atoms with Crippen LogP contribution in [-0.2, 0) is 9.59 Å². The van der Waals surface area contributed by atoms with Crippen LogP contribution in [0.5, 0.6) is 0 Å². The second kappa shape index (κ2) is 7.94. The van der Waals surface area contributed by atoms with E-state index in [1.54, 1.807) is 12.1 Å². The first-order valence-electron chi connectivity index (χ1n) is 9.43. The van der Waals surface area contributed by atoms with Crippen molar-refractivity contribution >= 4 is 34.4 Å². The SMILES string of the molecule is O=C(Nc1ccc2[nH]c(=O)oc2c1)C(=O)N1CCC(C(=O)c2ccc(F)cc2)CC1. The summed E-state index contributed by atoms with van der Waals surface area (Å²) in [6, 6.07) is 9.95. The molecule has 30 heavy (non-hydrogen) atoms. The van der Waals surface area contributed by atoms with E-state index in [2.05, 4.69) is 10.3 Å². The van der Waals surface area contributed by atoms with Crippen molar-refractivity contribution in [3.63, 3.8) is 0 Å². The zero-order valence-electron chi connectivity index (χ0n) is 15.8. The first kappa shape index (κ1) is 19.6. The van der Waals surface area contributed by atoms with E-state index in [0.717, 1.165) is 0 Å². The number of amides is 2. The molecule has 0 saturated carbocycles. The van der Waals surface area contributed by atoms with E-state index in [0.29, 0.717) is 29.6 Å². The molecule has 1 fully saturated rings. The van der Waals surface area contributed by atoms with E-state index in [1.807, 2.05) is 0 Å². The quantitative estimate of drug-likeness (QED) is 0.507. The predicted molar refractivity (Wildman–Crippen MR) is 105 cm³/mol. The molecule has 0 bridgehead atoms. The summed E-state index contributed by atoms with van der Waals surface area (Å²) in [4.78, 5) is 52.4. The Morgan fingerprint density at radius 2 is 1.77 bits per heavy atom. The van der Waals surface area contributed by atoms with Gasteiger partial charge in [0.15, 0.2) is 11.4 Å². The average Bonchev–Trinajstić information content (AvgIpc) is 3.12. The van der Waals surface area contributed by atoms with E-state index in [4.69, 9.17) is 4.42 Å². The fraction of sp³-hybridized carbons (Fsp3) is 0.238. The number of carbonyl (C=O) groups excluding carboxylic acids is 3. The van der Waals surface area contributed by atoms with E-state index in [9.17, 15) is 23.6 Å². The lowest BCUT2D eigenvalue weighted by Gasteiger charge is -2.30. The molecule has 0 radical (unpaired) electrons. The Morgan fingerprint density at radius 3 is 2.47 bits per heavy atom. The Labute approximate surface area is 169 Å². The zero-order valence-corrected chi connectivity index (χ0v) is 15.8. The van der Waals surface area contributed by atoms with Gasteiger partial charge in [0.05, 0.1) is 5.52 Å². The molecule has 1 saturated heterocycles. The zero-order chi connectivity index (χ0) is 21.3. The summed E-state index contributed by atoms with van der Waals surface area (Å²) in [6.07, 6.45) is 0.853. The molecule has 2 amide bonds. The molecule has 3 aromatic rings. The Balaban J connectivity index is 1.34. The van der Waals surface area contributed by atoms with Gasteiger partial charge in [0.1, 0.15) is 5.82 Å². The molecule has 4 rings (SSSR count). The number of aromatic nitrogens is 1. The van der Waals surface area contributed by atoms with Crippen molar-refractivity contribution in [3.8, 4) is 0 Å². The third kappa shape index (κ3) is 4.00. The highest BCUT2D eigenvalue weighted by molar-refractivity contribution is 6.39. The van der Waals surface area contributed by atoms with Gasteiger partial charge in [-0.1, -0.05) is 0 Å². The van der Waals surface area contributed by atoms with Gasteiger partial charge in [-0.25, -0.2) is 9.18 Å². The monoisotopic (exact) mass is 411 g/mol. The van der Waals surface area contributed by atoms with Crippen molar-refractivity contribution in [1.29, 1.82) is 0 Å². The molecule has 1 aliphatic heterocycles. The van der Waals surface area contributed by atoms with Gasteiger partial charge in [0, 0.05) is 36.3 Å². The third-order valence-electron chi connectivity index (χ3n) is 5.15. The second-order valence-electron chi connectivity index (χ2n) is 7.12. The van der Waals surface area contributed by atoms with Gasteiger partial charge in [-0.05, 0) is 49.2 Å². The summed E-state index contributed by atoms with van der Waals surface area (Å²) in [6.45, 7) is 0.547. The van der Waals surface area contributed by atoms with Crippen molar-refractivity contribution in [2.75, 3.05) is 18.4 Å². The number of rotatable bonds is 3. The second-order valence-corrected chi connectivity index (χ2v) is 7.12. The number of fused-ring (bicyclic) bond motifs is 1. The molecule has 2 heterocycles. The summed E-state index contributed by atoms with van der Waals surface area (Å²) in [5.74, 6) is -2.89. The van der Waals surface area contributed by atoms with Crippen molar-refractivity contribution in [1.82, 2.24) is 9.88 Å². The van der Waals surface area contributed by atoms with Crippen LogP contribution in [0, 0.1) is 11.7 Å². The van der Waals surface area contributed by atoms with Gasteiger partial charge in [0.25, 0.3) is 0 Å². The molecule has 9 heteroatoms. The van der Waals surface area contributed by atoms with Crippen LogP contribution in [0.2, 0.25) is 0 Å². The highest BCUT2D eigenvalue weighted by Gasteiger charge is 2.30. The highest BCUT2D eigenvalue weighted by Crippen LogP contribution is 2.23. The first-order chi connectivity index (χ1) is 14.4. The maximum atomic E-state index is 13.0. The number of benzene rings is 2. The van der Waals surface area contributed by atoms with Crippen molar-refractivity contribution < 1.29 is 23.2 Å². The third-order valence-corrected chi connectivity index (χ3v) is 5.15. The molecule has 2 aromatic carbocycles. The molecule has 154 valence electrons. The standard InChI is InChI=1S/C21H18FN3O5/c22-14-3-1-12(2-4-14)18(26)13-7-9-25(10-8-13)20(28)19(27)23-15-5-6-16-17(11-15)30-21(29)24-16/h1-6,11,13H,7-10H2,(H,23,27)(H,24,29). The smallest absolute Gasteiger partial charge is 0.408 e. The Morgan fingerprint density at radius 1 is 1.07 bits per heavy atom. The molecular formula is C21H18FN3O5. The van der Waals surface area contributed by atoms with Crippen LogP contribution in [0.4, 0.5) is 10.1 Å². The Bertz CT molecular complexity index is 1170. The van der Waals surface area contributed by atoms with Crippen molar-refractivity contribution in [3.05, 3.63) is 64.4 Å². The average molecular weight is 411 g/mol. The Hall–Kier alpha value is -3.75. The number of piperidine rings is 1. The number of ketones is 1. The summed E-state index contributed by atoms with van der Waals surface area (Å²) in [5.41, 5.74) is 1.51. The molecule has 0 aliphatic carbocycles. The molecule has 0 spiro atoms. The van der Waals surface area contributed by atoms with Crippen LogP contribution in [0.15, 0.2) is 51.7 Å². The number of H-pyrrole nitrogens is 1. The number of oxazole rings is 1. The summed E-state index contributed by atoms with van der Waals surface area (Å²) >= 11 is 0. The fourth-order valence-electron chi connectivity index (χ4n) is 3.55. The van der Waals surface area contributed by atoms with Crippen LogP contribution in [0.25, 0.3) is 11.1 Å². The minimum Gasteiger partial charge on any atom is -0.408 e. The molecule has 1 aromatic heterocycles. The van der Waals surface area contributed by atoms with Crippen molar-refractivity contribution in [2.24, 2.45) is 5.92 Å². The number of anilines is 1. The van der Waals surface area contributed by atoms with Crippen LogP contribution >= 0.6 is 0 Å². The van der Waals surface area contributed by atoms with E-state index in [1.165, 1.54) is 35.2 Å². The van der Waals surface area contributed by atoms with Crippen molar-refractivity contribution in [2.45, 2.75) is 12.8 Å². The lowest BCUT2D eigenvalue weighted by Crippen LogP contribution is -2.45. The summed E-state index contributed by atoms with van der Waals surface area (Å²) in [7, 11) is 0. The predicted octanol–water partition coefficient (Wildman–Crippen LogP) is 2.32. The Kier molecular flexibility index (Phi) is 5.18. The molecule has 2 N–H and O–H groups in total. The van der Waals surface area contributed by atoms with Gasteiger partial charge in [-0.15, -0.1) is 0 Å². The van der Waals surface area contributed by atoms with E-state index in [-0.39, 0.29) is 30.4 Å². The minimum absolute atomic E-state index is 0.0900. The maximum absolute atomic E-state index is 13.0. The molecule has 0 unspecified atom stereocenters. The number of aromatic amines is 1. The van der Waals surface area contributed by atoms with Gasteiger partial charge in [0.2, 0.25) is 0 Å². The van der Waals surface area contributed by atoms with E-state index < -0.39 is 23.4 Å². The molecular weight excluding hydrogens is 393 g/mol. The number of hydrogen-bond acceptors (Lipinski definition) is 5. The highest BCUT2D eigenvalue weighted by atomic mass is 19.1. The fourth-order valence-corrected chi connectivity index (χ4v) is 3.55.